The van der Waals surface area contributed by atoms with Crippen molar-refractivity contribution in [2.45, 2.75) is 32.9 Å². The predicted molar refractivity (Wildman–Crippen MR) is 89.9 cm³/mol. The van der Waals surface area contributed by atoms with Crippen molar-refractivity contribution in [3.63, 3.8) is 0 Å². The number of fused-ring (bicyclic) bond motifs is 1. The Kier molecular flexibility index (Phi) is 4.41. The number of likely N-dealkylation sites (N-methyl/N-ethyl adjacent to an activating group) is 1. The summed E-state index contributed by atoms with van der Waals surface area (Å²) < 4.78 is 11.5. The Bertz CT molecular complexity index is 722. The Balaban J connectivity index is 1.82. The lowest BCUT2D eigenvalue weighted by Gasteiger charge is -2.19. The Morgan fingerprint density at radius 1 is 1.39 bits per heavy atom. The minimum atomic E-state index is -0.165. The molecule has 1 saturated heterocycles. The van der Waals surface area contributed by atoms with E-state index in [1.54, 1.807) is 0 Å². The highest BCUT2D eigenvalue weighted by Gasteiger charge is 2.33. The molecule has 5 nitrogen and oxygen atoms in total. The van der Waals surface area contributed by atoms with Gasteiger partial charge in [-0.3, -0.25) is 4.79 Å². The van der Waals surface area contributed by atoms with Crippen LogP contribution in [-0.4, -0.2) is 49.7 Å². The third-order valence-electron chi connectivity index (χ3n) is 4.45. The zero-order valence-corrected chi connectivity index (χ0v) is 14.2. The average molecular weight is 316 g/mol. The summed E-state index contributed by atoms with van der Waals surface area (Å²) in [7, 11) is 2.04. The molecule has 1 aromatic carbocycles. The number of carbonyl (C=O) groups excluding carboxylic acids is 1. The van der Waals surface area contributed by atoms with E-state index in [0.717, 1.165) is 35.2 Å². The second kappa shape index (κ2) is 6.34. The van der Waals surface area contributed by atoms with Crippen LogP contribution in [0.15, 0.2) is 22.6 Å². The number of ether oxygens (including phenoxy) is 1. The van der Waals surface area contributed by atoms with Crippen molar-refractivity contribution in [2.75, 3.05) is 26.7 Å². The highest BCUT2D eigenvalue weighted by atomic mass is 16.5. The molecule has 0 saturated carbocycles. The van der Waals surface area contributed by atoms with Gasteiger partial charge < -0.3 is 19.4 Å². The van der Waals surface area contributed by atoms with Crippen molar-refractivity contribution in [1.29, 1.82) is 0 Å². The van der Waals surface area contributed by atoms with E-state index in [9.17, 15) is 4.79 Å². The van der Waals surface area contributed by atoms with Gasteiger partial charge in [-0.1, -0.05) is 12.1 Å². The lowest BCUT2D eigenvalue weighted by molar-refractivity contribution is 0.0507. The number of aryl methyl sites for hydroxylation is 2. The Labute approximate surface area is 136 Å². The average Bonchev–Trinajstić information content (AvgIpc) is 3.00. The molecule has 0 spiro atoms. The van der Waals surface area contributed by atoms with E-state index in [0.29, 0.717) is 12.4 Å². The highest BCUT2D eigenvalue weighted by Crippen LogP contribution is 2.26. The Hall–Kier alpha value is -1.85. The van der Waals surface area contributed by atoms with Crippen molar-refractivity contribution in [1.82, 2.24) is 10.2 Å². The second-order valence-electron chi connectivity index (χ2n) is 6.35. The smallest absolute Gasteiger partial charge is 0.287 e. The molecular weight excluding hydrogens is 292 g/mol. The summed E-state index contributed by atoms with van der Waals surface area (Å²) in [5.41, 5.74) is 2.77. The summed E-state index contributed by atoms with van der Waals surface area (Å²) in [6.07, 6.45) is 0.0286. The van der Waals surface area contributed by atoms with E-state index in [1.165, 1.54) is 0 Å². The van der Waals surface area contributed by atoms with E-state index in [-0.39, 0.29) is 18.1 Å². The van der Waals surface area contributed by atoms with Crippen LogP contribution in [0.3, 0.4) is 0 Å². The number of likely N-dealkylation sites (tertiary alicyclic amines) is 1. The summed E-state index contributed by atoms with van der Waals surface area (Å²) in [4.78, 5) is 14.8. The van der Waals surface area contributed by atoms with Gasteiger partial charge >= 0.3 is 0 Å². The summed E-state index contributed by atoms with van der Waals surface area (Å²) in [6, 6.07) is 5.99. The first-order chi connectivity index (χ1) is 11.0. The van der Waals surface area contributed by atoms with Gasteiger partial charge in [0.05, 0.1) is 12.1 Å². The molecule has 1 amide bonds. The SMILES string of the molecule is CCO[C@H]1CN(C)C[C@@H]1NC(=O)c1oc2cc(C)ccc2c1C. The first kappa shape index (κ1) is 16.0. The van der Waals surface area contributed by atoms with Crippen LogP contribution in [0.1, 0.15) is 28.6 Å². The molecule has 3 rings (SSSR count). The molecule has 0 unspecified atom stereocenters. The van der Waals surface area contributed by atoms with Crippen LogP contribution < -0.4 is 5.32 Å². The number of hydrogen-bond acceptors (Lipinski definition) is 4. The van der Waals surface area contributed by atoms with Crippen LogP contribution in [-0.2, 0) is 4.74 Å². The minimum Gasteiger partial charge on any atom is -0.451 e. The topological polar surface area (TPSA) is 54.7 Å². The molecule has 0 aliphatic carbocycles. The maximum atomic E-state index is 12.7. The third kappa shape index (κ3) is 3.12. The number of carbonyl (C=O) groups is 1. The van der Waals surface area contributed by atoms with Crippen LogP contribution in [0, 0.1) is 13.8 Å². The molecule has 1 aliphatic heterocycles. The van der Waals surface area contributed by atoms with E-state index in [2.05, 4.69) is 10.2 Å². The van der Waals surface area contributed by atoms with Gasteiger partial charge in [0, 0.05) is 30.6 Å². The Morgan fingerprint density at radius 2 is 2.17 bits per heavy atom. The number of nitrogens with one attached hydrogen (secondary N) is 1. The number of benzene rings is 1. The van der Waals surface area contributed by atoms with Crippen LogP contribution in [0.4, 0.5) is 0 Å². The molecule has 1 aliphatic rings. The quantitative estimate of drug-likeness (QED) is 0.941. The van der Waals surface area contributed by atoms with Crippen molar-refractivity contribution in [3.8, 4) is 0 Å². The predicted octanol–water partition coefficient (Wildman–Crippen LogP) is 2.50. The largest absolute Gasteiger partial charge is 0.451 e. The van der Waals surface area contributed by atoms with Crippen molar-refractivity contribution >= 4 is 16.9 Å². The first-order valence-electron chi connectivity index (χ1n) is 8.10. The fourth-order valence-corrected chi connectivity index (χ4v) is 3.27. The second-order valence-corrected chi connectivity index (χ2v) is 6.35. The van der Waals surface area contributed by atoms with E-state index in [1.807, 2.05) is 46.0 Å². The minimum absolute atomic E-state index is 0.0122. The molecular formula is C18H24N2O3. The molecule has 2 aromatic rings. The van der Waals surface area contributed by atoms with Crippen molar-refractivity contribution < 1.29 is 13.9 Å². The molecule has 1 fully saturated rings. The molecule has 1 N–H and O–H groups in total. The van der Waals surface area contributed by atoms with Gasteiger partial charge in [0.15, 0.2) is 5.76 Å². The summed E-state index contributed by atoms with van der Waals surface area (Å²) >= 11 is 0. The van der Waals surface area contributed by atoms with Crippen molar-refractivity contribution in [3.05, 3.63) is 35.1 Å². The summed E-state index contributed by atoms with van der Waals surface area (Å²) in [5, 5.41) is 4.07. The lowest BCUT2D eigenvalue weighted by atomic mass is 10.1. The molecule has 5 heteroatoms. The highest BCUT2D eigenvalue weighted by molar-refractivity contribution is 5.99. The number of furan rings is 1. The van der Waals surface area contributed by atoms with Gasteiger partial charge in [-0.05, 0) is 39.4 Å². The molecule has 0 bridgehead atoms. The number of hydrogen-bond donors (Lipinski definition) is 1. The van der Waals surface area contributed by atoms with Gasteiger partial charge in [-0.15, -0.1) is 0 Å². The van der Waals surface area contributed by atoms with E-state index >= 15 is 0 Å². The third-order valence-corrected chi connectivity index (χ3v) is 4.45. The van der Waals surface area contributed by atoms with E-state index in [4.69, 9.17) is 9.15 Å². The normalized spacial score (nSPS) is 21.9. The molecule has 0 radical (unpaired) electrons. The lowest BCUT2D eigenvalue weighted by Crippen LogP contribution is -2.44. The molecule has 124 valence electrons. The van der Waals surface area contributed by atoms with E-state index < -0.39 is 0 Å². The zero-order chi connectivity index (χ0) is 16.6. The maximum Gasteiger partial charge on any atom is 0.287 e. The van der Waals surface area contributed by atoms with Gasteiger partial charge in [0.25, 0.3) is 5.91 Å². The first-order valence-corrected chi connectivity index (χ1v) is 8.10. The number of rotatable bonds is 4. The van der Waals surface area contributed by atoms with Gasteiger partial charge in [-0.2, -0.15) is 0 Å². The fraction of sp³-hybridized carbons (Fsp3) is 0.500. The fourth-order valence-electron chi connectivity index (χ4n) is 3.27. The van der Waals surface area contributed by atoms with Crippen LogP contribution in [0.25, 0.3) is 11.0 Å². The van der Waals surface area contributed by atoms with Crippen LogP contribution >= 0.6 is 0 Å². The molecule has 23 heavy (non-hydrogen) atoms. The maximum absolute atomic E-state index is 12.7. The van der Waals surface area contributed by atoms with Gasteiger partial charge in [0.1, 0.15) is 5.58 Å². The van der Waals surface area contributed by atoms with Crippen LogP contribution in [0.2, 0.25) is 0 Å². The Morgan fingerprint density at radius 3 is 2.91 bits per heavy atom. The zero-order valence-electron chi connectivity index (χ0n) is 14.2. The number of amides is 1. The van der Waals surface area contributed by atoms with Gasteiger partial charge in [-0.25, -0.2) is 0 Å². The number of nitrogens with zero attached hydrogens (tertiary/aromatic N) is 1. The summed E-state index contributed by atoms with van der Waals surface area (Å²) in [6.45, 7) is 8.18. The standard InChI is InChI=1S/C18H24N2O3/c1-5-22-16-10-20(4)9-14(16)19-18(21)17-12(3)13-7-6-11(2)8-15(13)23-17/h6-8,14,16H,5,9-10H2,1-4H3,(H,19,21)/t14-,16-/m0/s1. The molecule has 2 atom stereocenters. The molecule has 2 heterocycles. The monoisotopic (exact) mass is 316 g/mol. The summed E-state index contributed by atoms with van der Waals surface area (Å²) in [5.74, 6) is 0.233. The van der Waals surface area contributed by atoms with Crippen LogP contribution in [0.5, 0.6) is 0 Å². The molecule has 1 aromatic heterocycles. The van der Waals surface area contributed by atoms with Crippen molar-refractivity contribution in [2.24, 2.45) is 0 Å². The van der Waals surface area contributed by atoms with Gasteiger partial charge in [0.2, 0.25) is 0 Å².